The van der Waals surface area contributed by atoms with Crippen LogP contribution in [-0.4, -0.2) is 43.8 Å². The van der Waals surface area contributed by atoms with Crippen LogP contribution < -0.4 is 9.62 Å². The summed E-state index contributed by atoms with van der Waals surface area (Å²) in [5.74, 6) is -0.756. The maximum absolute atomic E-state index is 14.6. The van der Waals surface area contributed by atoms with Gasteiger partial charge < -0.3 is 10.2 Å². The predicted molar refractivity (Wildman–Crippen MR) is 185 cm³/mol. The van der Waals surface area contributed by atoms with Gasteiger partial charge in [0.15, 0.2) is 0 Å². The van der Waals surface area contributed by atoms with Crippen LogP contribution in [0.1, 0.15) is 53.6 Å². The van der Waals surface area contributed by atoms with Gasteiger partial charge in [0.2, 0.25) is 11.8 Å². The van der Waals surface area contributed by atoms with E-state index in [1.165, 1.54) is 9.21 Å². The molecule has 0 aliphatic rings. The zero-order chi connectivity index (χ0) is 33.4. The third kappa shape index (κ3) is 8.85. The van der Waals surface area contributed by atoms with Gasteiger partial charge in [0, 0.05) is 19.0 Å². The minimum Gasteiger partial charge on any atom is -0.352 e. The summed E-state index contributed by atoms with van der Waals surface area (Å²) in [4.78, 5) is 30.2. The van der Waals surface area contributed by atoms with Crippen LogP contribution in [0.5, 0.6) is 0 Å². The first-order valence-corrected chi connectivity index (χ1v) is 17.2. The van der Waals surface area contributed by atoms with E-state index < -0.39 is 28.5 Å². The lowest BCUT2D eigenvalue weighted by Gasteiger charge is -2.34. The van der Waals surface area contributed by atoms with E-state index in [0.29, 0.717) is 5.69 Å². The Hall–Kier alpha value is -4.43. The zero-order valence-electron chi connectivity index (χ0n) is 27.7. The fourth-order valence-corrected chi connectivity index (χ4v) is 6.74. The van der Waals surface area contributed by atoms with Gasteiger partial charge in [-0.3, -0.25) is 13.9 Å². The number of anilines is 1. The number of sulfonamides is 1. The van der Waals surface area contributed by atoms with Crippen molar-refractivity contribution in [3.8, 4) is 0 Å². The molecule has 1 N–H and O–H groups in total. The Kier molecular flexibility index (Phi) is 11.4. The molecule has 4 aromatic rings. The molecule has 0 unspecified atom stereocenters. The van der Waals surface area contributed by atoms with Crippen LogP contribution >= 0.6 is 0 Å². The molecule has 0 heterocycles. The number of hydrogen-bond acceptors (Lipinski definition) is 4. The molecule has 0 spiro atoms. The van der Waals surface area contributed by atoms with Crippen LogP contribution in [0, 0.1) is 27.7 Å². The van der Waals surface area contributed by atoms with Gasteiger partial charge in [0.25, 0.3) is 10.0 Å². The molecule has 0 bridgehead atoms. The van der Waals surface area contributed by atoms with Gasteiger partial charge >= 0.3 is 0 Å². The molecule has 8 heteroatoms. The molecule has 0 fully saturated rings. The average Bonchev–Trinajstić information content (AvgIpc) is 3.02. The molecule has 4 aromatic carbocycles. The molecule has 242 valence electrons. The summed E-state index contributed by atoms with van der Waals surface area (Å²) in [5, 5.41) is 3.08. The van der Waals surface area contributed by atoms with Crippen molar-refractivity contribution in [3.05, 3.63) is 130 Å². The number of nitrogens with zero attached hydrogens (tertiary/aromatic N) is 2. The minimum atomic E-state index is -4.15. The maximum Gasteiger partial charge on any atom is 0.264 e. The summed E-state index contributed by atoms with van der Waals surface area (Å²) in [5.41, 5.74) is 5.87. The lowest BCUT2D eigenvalue weighted by atomic mass is 10.0. The summed E-state index contributed by atoms with van der Waals surface area (Å²) in [6.45, 7) is 11.2. The normalized spacial score (nSPS) is 12.7. The molecule has 0 aromatic heterocycles. The van der Waals surface area contributed by atoms with Crippen molar-refractivity contribution in [2.24, 2.45) is 0 Å². The number of hydrogen-bond donors (Lipinski definition) is 1. The molecule has 0 saturated carbocycles. The highest BCUT2D eigenvalue weighted by Gasteiger charge is 2.35. The number of carbonyl (C=O) groups excluding carboxylic acids is 2. The Morgan fingerprint density at radius 3 is 1.87 bits per heavy atom. The molecule has 2 atom stereocenters. The third-order valence-corrected chi connectivity index (χ3v) is 9.92. The van der Waals surface area contributed by atoms with Crippen molar-refractivity contribution in [1.29, 1.82) is 0 Å². The molecule has 0 aliphatic heterocycles. The Bertz CT molecular complexity index is 1720. The number of carbonyl (C=O) groups is 2. The van der Waals surface area contributed by atoms with Gasteiger partial charge in [-0.2, -0.15) is 0 Å². The van der Waals surface area contributed by atoms with E-state index in [1.807, 2.05) is 102 Å². The molecule has 7 nitrogen and oxygen atoms in total. The second kappa shape index (κ2) is 15.2. The van der Waals surface area contributed by atoms with Crippen LogP contribution in [0.2, 0.25) is 0 Å². The van der Waals surface area contributed by atoms with Crippen molar-refractivity contribution >= 4 is 27.5 Å². The van der Waals surface area contributed by atoms with E-state index in [0.717, 1.165) is 39.8 Å². The number of aryl methyl sites for hydroxylation is 4. The highest BCUT2D eigenvalue weighted by atomic mass is 32.2. The van der Waals surface area contributed by atoms with E-state index in [4.69, 9.17) is 0 Å². The molecular weight excluding hydrogens is 595 g/mol. The van der Waals surface area contributed by atoms with Crippen LogP contribution in [-0.2, 0) is 32.6 Å². The lowest BCUT2D eigenvalue weighted by molar-refractivity contribution is -0.140. The number of benzene rings is 4. The monoisotopic (exact) mass is 639 g/mol. The van der Waals surface area contributed by atoms with Crippen molar-refractivity contribution < 1.29 is 18.0 Å². The molecule has 2 amide bonds. The molecule has 0 radical (unpaired) electrons. The zero-order valence-corrected chi connectivity index (χ0v) is 28.5. The van der Waals surface area contributed by atoms with Crippen molar-refractivity contribution in [2.45, 2.75) is 77.9 Å². The first-order chi connectivity index (χ1) is 21.9. The Morgan fingerprint density at radius 2 is 1.30 bits per heavy atom. The van der Waals surface area contributed by atoms with Gasteiger partial charge in [-0.25, -0.2) is 8.42 Å². The second-order valence-corrected chi connectivity index (χ2v) is 14.1. The highest BCUT2D eigenvalue weighted by molar-refractivity contribution is 7.92. The van der Waals surface area contributed by atoms with E-state index in [2.05, 4.69) is 5.32 Å². The van der Waals surface area contributed by atoms with Crippen LogP contribution in [0.3, 0.4) is 0 Å². The third-order valence-electron chi connectivity index (χ3n) is 8.13. The van der Waals surface area contributed by atoms with Crippen LogP contribution in [0.15, 0.2) is 102 Å². The van der Waals surface area contributed by atoms with Crippen molar-refractivity contribution in [3.63, 3.8) is 0 Å². The smallest absolute Gasteiger partial charge is 0.264 e. The largest absolute Gasteiger partial charge is 0.352 e. The van der Waals surface area contributed by atoms with Gasteiger partial charge in [-0.1, -0.05) is 90.8 Å². The van der Waals surface area contributed by atoms with E-state index in [9.17, 15) is 18.0 Å². The van der Waals surface area contributed by atoms with Crippen LogP contribution in [0.4, 0.5) is 5.69 Å². The van der Waals surface area contributed by atoms with Gasteiger partial charge in [-0.15, -0.1) is 0 Å². The molecule has 0 aliphatic carbocycles. The first kappa shape index (κ1) is 34.4. The number of amides is 2. The standard InChI is InChI=1S/C38H45N3O4S/c1-7-31(6)39-38(43)36(24-32-11-9-8-10-12-32)40(25-33-17-13-27(2)14-18-33)37(42)26-41(34-22-29(4)21-30(5)23-34)46(44,45)35-19-15-28(3)16-20-35/h8-23,31,36H,7,24-26H2,1-6H3,(H,39,43)/t31-,36-/m1/s1. The maximum atomic E-state index is 14.6. The van der Waals surface area contributed by atoms with Gasteiger partial charge in [0.05, 0.1) is 10.6 Å². The predicted octanol–water partition coefficient (Wildman–Crippen LogP) is 6.67. The molecule has 46 heavy (non-hydrogen) atoms. The summed E-state index contributed by atoms with van der Waals surface area (Å²) < 4.78 is 29.7. The average molecular weight is 640 g/mol. The van der Waals surface area contributed by atoms with Crippen molar-refractivity contribution in [1.82, 2.24) is 10.2 Å². The fourth-order valence-electron chi connectivity index (χ4n) is 5.35. The highest BCUT2D eigenvalue weighted by Crippen LogP contribution is 2.27. The Balaban J connectivity index is 1.83. The van der Waals surface area contributed by atoms with Crippen molar-refractivity contribution in [2.75, 3.05) is 10.8 Å². The first-order valence-electron chi connectivity index (χ1n) is 15.7. The fraction of sp³-hybridized carbons (Fsp3) is 0.316. The van der Waals surface area contributed by atoms with Gasteiger partial charge in [-0.05, 0) is 87.6 Å². The Morgan fingerprint density at radius 1 is 0.739 bits per heavy atom. The summed E-state index contributed by atoms with van der Waals surface area (Å²) in [6, 6.07) is 28.5. The topological polar surface area (TPSA) is 86.8 Å². The minimum absolute atomic E-state index is 0.0884. The SMILES string of the molecule is CC[C@@H](C)NC(=O)[C@@H](Cc1ccccc1)N(Cc1ccc(C)cc1)C(=O)CN(c1cc(C)cc(C)c1)S(=O)(=O)c1ccc(C)cc1. The Labute approximate surface area is 274 Å². The molecule has 0 saturated heterocycles. The quantitative estimate of drug-likeness (QED) is 0.177. The number of rotatable bonds is 13. The summed E-state index contributed by atoms with van der Waals surface area (Å²) in [7, 11) is -4.15. The van der Waals surface area contributed by atoms with E-state index >= 15 is 0 Å². The van der Waals surface area contributed by atoms with Crippen LogP contribution in [0.25, 0.3) is 0 Å². The summed E-state index contributed by atoms with van der Waals surface area (Å²) in [6.07, 6.45) is 1.000. The number of nitrogens with one attached hydrogen (secondary N) is 1. The molecule has 4 rings (SSSR count). The second-order valence-electron chi connectivity index (χ2n) is 12.2. The summed E-state index contributed by atoms with van der Waals surface area (Å²) >= 11 is 0. The molecular formula is C38H45N3O4S. The van der Waals surface area contributed by atoms with Gasteiger partial charge in [0.1, 0.15) is 12.6 Å². The van der Waals surface area contributed by atoms with E-state index in [-0.39, 0.29) is 29.8 Å². The lowest BCUT2D eigenvalue weighted by Crippen LogP contribution is -2.54. The van der Waals surface area contributed by atoms with E-state index in [1.54, 1.807) is 36.4 Å².